The molecule has 3 rings (SSSR count). The molecule has 138 valence electrons. The zero-order chi connectivity index (χ0) is 18.8. The Hall–Kier alpha value is -1.84. The standard InChI is InChI=1S/C17H20ClN5O2S/c1-8(13-12(19)17(20)22-7-21-13)14-16(25)15(24)11(23-14)6-26-10-4-2-9(18)3-5-10/h2-5,7,11,14-16,23-25H,1,6,19H2,(H2,20,21,22). The largest absolute Gasteiger partial charge is 0.394 e. The fourth-order valence-corrected chi connectivity index (χ4v) is 3.97. The number of aromatic nitrogens is 2. The van der Waals surface area contributed by atoms with E-state index in [2.05, 4.69) is 21.9 Å². The highest BCUT2D eigenvalue weighted by molar-refractivity contribution is 7.99. The van der Waals surface area contributed by atoms with Crippen LogP contribution < -0.4 is 16.8 Å². The van der Waals surface area contributed by atoms with Gasteiger partial charge in [0, 0.05) is 21.7 Å². The van der Waals surface area contributed by atoms with Crippen LogP contribution in [0.3, 0.4) is 0 Å². The maximum absolute atomic E-state index is 10.4. The average Bonchev–Trinajstić information content (AvgIpc) is 2.91. The minimum absolute atomic E-state index is 0.152. The summed E-state index contributed by atoms with van der Waals surface area (Å²) in [6.07, 6.45) is -0.691. The summed E-state index contributed by atoms with van der Waals surface area (Å²) in [5, 5.41) is 24.7. The van der Waals surface area contributed by atoms with Gasteiger partial charge in [-0.3, -0.25) is 0 Å². The number of aliphatic hydroxyl groups excluding tert-OH is 2. The molecule has 26 heavy (non-hydrogen) atoms. The van der Waals surface area contributed by atoms with Crippen LogP contribution in [0.15, 0.2) is 42.1 Å². The van der Waals surface area contributed by atoms with Gasteiger partial charge in [0.15, 0.2) is 5.82 Å². The fraction of sp³-hybridized carbons (Fsp3) is 0.294. The first-order chi connectivity index (χ1) is 12.4. The van der Waals surface area contributed by atoms with Gasteiger partial charge < -0.3 is 27.0 Å². The molecule has 1 aliphatic rings. The second-order valence-electron chi connectivity index (χ2n) is 6.04. The molecule has 2 aromatic rings. The minimum atomic E-state index is -1.03. The topological polar surface area (TPSA) is 130 Å². The molecule has 0 radical (unpaired) electrons. The first-order valence-electron chi connectivity index (χ1n) is 7.94. The molecular formula is C17H20ClN5O2S. The van der Waals surface area contributed by atoms with Crippen LogP contribution in [0, 0.1) is 0 Å². The molecule has 0 aliphatic carbocycles. The summed E-state index contributed by atoms with van der Waals surface area (Å²) in [5.41, 5.74) is 12.7. The Morgan fingerprint density at radius 1 is 1.19 bits per heavy atom. The van der Waals surface area contributed by atoms with Gasteiger partial charge in [-0.1, -0.05) is 18.2 Å². The van der Waals surface area contributed by atoms with Crippen molar-refractivity contribution in [3.8, 4) is 0 Å². The molecule has 0 spiro atoms. The van der Waals surface area contributed by atoms with Crippen LogP contribution in [0.4, 0.5) is 11.5 Å². The van der Waals surface area contributed by atoms with Crippen LogP contribution in [-0.2, 0) is 0 Å². The molecular weight excluding hydrogens is 374 g/mol. The van der Waals surface area contributed by atoms with Crippen molar-refractivity contribution in [1.29, 1.82) is 0 Å². The summed E-state index contributed by atoms with van der Waals surface area (Å²) in [4.78, 5) is 8.95. The van der Waals surface area contributed by atoms with Gasteiger partial charge >= 0.3 is 0 Å². The average molecular weight is 394 g/mol. The van der Waals surface area contributed by atoms with E-state index in [9.17, 15) is 10.2 Å². The van der Waals surface area contributed by atoms with Gasteiger partial charge in [-0.2, -0.15) is 0 Å². The van der Waals surface area contributed by atoms with Crippen LogP contribution >= 0.6 is 23.4 Å². The zero-order valence-corrected chi connectivity index (χ0v) is 15.4. The van der Waals surface area contributed by atoms with Crippen LogP contribution in [0.25, 0.3) is 5.57 Å². The molecule has 0 bridgehead atoms. The zero-order valence-electron chi connectivity index (χ0n) is 13.8. The molecule has 1 aliphatic heterocycles. The third-order valence-electron chi connectivity index (χ3n) is 4.33. The third-order valence-corrected chi connectivity index (χ3v) is 5.72. The summed E-state index contributed by atoms with van der Waals surface area (Å²) in [5.74, 6) is 0.712. The number of thioether (sulfide) groups is 1. The number of anilines is 2. The van der Waals surface area contributed by atoms with Crippen LogP contribution in [0.5, 0.6) is 0 Å². The molecule has 1 saturated heterocycles. The lowest BCUT2D eigenvalue weighted by atomic mass is 9.99. The second-order valence-corrected chi connectivity index (χ2v) is 7.57. The van der Waals surface area contributed by atoms with Crippen LogP contribution in [0.2, 0.25) is 5.02 Å². The van der Waals surface area contributed by atoms with Crippen molar-refractivity contribution in [3.63, 3.8) is 0 Å². The van der Waals surface area contributed by atoms with Crippen LogP contribution in [0.1, 0.15) is 5.69 Å². The molecule has 4 unspecified atom stereocenters. The van der Waals surface area contributed by atoms with E-state index in [0.29, 0.717) is 22.0 Å². The Morgan fingerprint density at radius 2 is 1.88 bits per heavy atom. The molecule has 7 N–H and O–H groups in total. The number of hydrogen-bond donors (Lipinski definition) is 5. The number of nitrogens with zero attached hydrogens (tertiary/aromatic N) is 2. The van der Waals surface area contributed by atoms with Gasteiger partial charge in [0.25, 0.3) is 0 Å². The van der Waals surface area contributed by atoms with E-state index < -0.39 is 18.2 Å². The Bertz CT molecular complexity index is 804. The lowest BCUT2D eigenvalue weighted by Gasteiger charge is -2.19. The minimum Gasteiger partial charge on any atom is -0.394 e. The summed E-state index contributed by atoms with van der Waals surface area (Å²) >= 11 is 7.44. The quantitative estimate of drug-likeness (QED) is 0.478. The number of nitrogens with two attached hydrogens (primary N) is 2. The van der Waals surface area contributed by atoms with Gasteiger partial charge in [-0.15, -0.1) is 11.8 Å². The van der Waals surface area contributed by atoms with Gasteiger partial charge in [-0.05, 0) is 29.8 Å². The summed E-state index contributed by atoms with van der Waals surface area (Å²) in [6.45, 7) is 3.98. The van der Waals surface area contributed by atoms with E-state index >= 15 is 0 Å². The van der Waals surface area contributed by atoms with E-state index in [1.54, 1.807) is 11.8 Å². The third kappa shape index (κ3) is 3.79. The second kappa shape index (κ2) is 7.81. The first kappa shape index (κ1) is 18.9. The number of rotatable bonds is 5. The number of benzene rings is 1. The van der Waals surface area contributed by atoms with Gasteiger partial charge in [-0.25, -0.2) is 9.97 Å². The molecule has 7 nitrogen and oxygen atoms in total. The van der Waals surface area contributed by atoms with E-state index in [-0.39, 0.29) is 17.5 Å². The first-order valence-corrected chi connectivity index (χ1v) is 9.30. The predicted molar refractivity (Wildman–Crippen MR) is 105 cm³/mol. The van der Waals surface area contributed by atoms with Crippen molar-refractivity contribution in [1.82, 2.24) is 15.3 Å². The summed E-state index contributed by atoms with van der Waals surface area (Å²) in [6, 6.07) is 6.52. The van der Waals surface area contributed by atoms with Gasteiger partial charge in [0.2, 0.25) is 0 Å². The number of aliphatic hydroxyl groups is 2. The molecule has 9 heteroatoms. The predicted octanol–water partition coefficient (Wildman–Crippen LogP) is 1.16. The van der Waals surface area contributed by atoms with E-state index in [1.165, 1.54) is 6.33 Å². The lowest BCUT2D eigenvalue weighted by Crippen LogP contribution is -2.35. The van der Waals surface area contributed by atoms with Crippen molar-refractivity contribution >= 4 is 40.4 Å². The Kier molecular flexibility index (Phi) is 5.69. The van der Waals surface area contributed by atoms with Gasteiger partial charge in [0.05, 0.1) is 17.8 Å². The van der Waals surface area contributed by atoms with Crippen molar-refractivity contribution < 1.29 is 10.2 Å². The summed E-state index contributed by atoms with van der Waals surface area (Å²) < 4.78 is 0. The van der Waals surface area contributed by atoms with E-state index in [0.717, 1.165) is 4.90 Å². The highest BCUT2D eigenvalue weighted by Gasteiger charge is 2.42. The fourth-order valence-electron chi connectivity index (χ4n) is 2.85. The molecule has 1 aromatic carbocycles. The number of nitrogen functional groups attached to an aromatic ring is 2. The van der Waals surface area contributed by atoms with Gasteiger partial charge in [0.1, 0.15) is 18.1 Å². The number of hydrogen-bond acceptors (Lipinski definition) is 8. The van der Waals surface area contributed by atoms with Crippen molar-refractivity contribution in [2.45, 2.75) is 29.2 Å². The molecule has 0 amide bonds. The monoisotopic (exact) mass is 393 g/mol. The maximum atomic E-state index is 10.4. The molecule has 1 aromatic heterocycles. The normalized spacial score (nSPS) is 25.3. The maximum Gasteiger partial charge on any atom is 0.150 e. The SMILES string of the molecule is C=C(c1ncnc(N)c1N)C1NC(CSc2ccc(Cl)cc2)C(O)C1O. The summed E-state index contributed by atoms with van der Waals surface area (Å²) in [7, 11) is 0. The van der Waals surface area contributed by atoms with E-state index in [1.807, 2.05) is 24.3 Å². The molecule has 2 heterocycles. The lowest BCUT2D eigenvalue weighted by molar-refractivity contribution is 0.0376. The molecule has 0 saturated carbocycles. The Morgan fingerprint density at radius 3 is 2.58 bits per heavy atom. The van der Waals surface area contributed by atoms with Crippen molar-refractivity contribution in [2.24, 2.45) is 0 Å². The Balaban J connectivity index is 1.69. The number of nitrogens with one attached hydrogen (secondary N) is 1. The number of halogens is 1. The molecule has 4 atom stereocenters. The smallest absolute Gasteiger partial charge is 0.150 e. The van der Waals surface area contributed by atoms with Crippen molar-refractivity contribution in [2.75, 3.05) is 17.2 Å². The highest BCUT2D eigenvalue weighted by atomic mass is 35.5. The highest BCUT2D eigenvalue weighted by Crippen LogP contribution is 2.31. The van der Waals surface area contributed by atoms with Crippen molar-refractivity contribution in [3.05, 3.63) is 47.9 Å². The van der Waals surface area contributed by atoms with E-state index in [4.69, 9.17) is 23.1 Å². The Labute approximate surface area is 160 Å². The molecule has 1 fully saturated rings. The van der Waals surface area contributed by atoms with Crippen LogP contribution in [-0.4, -0.2) is 50.2 Å².